The first kappa shape index (κ1) is 24.4. The van der Waals surface area contributed by atoms with Crippen molar-refractivity contribution in [2.75, 3.05) is 31.3 Å². The third kappa shape index (κ3) is 5.51. The van der Waals surface area contributed by atoms with Gasteiger partial charge in [-0.2, -0.15) is 0 Å². The van der Waals surface area contributed by atoms with Crippen LogP contribution in [0.25, 0.3) is 0 Å². The van der Waals surface area contributed by atoms with Crippen molar-refractivity contribution in [3.05, 3.63) is 53.6 Å². The number of anilines is 2. The van der Waals surface area contributed by atoms with Gasteiger partial charge in [-0.3, -0.25) is 9.59 Å². The predicted molar refractivity (Wildman–Crippen MR) is 123 cm³/mol. The number of carbonyl (C=O) groups is 3. The van der Waals surface area contributed by atoms with Crippen molar-refractivity contribution in [2.45, 2.75) is 37.5 Å². The van der Waals surface area contributed by atoms with Gasteiger partial charge in [0.25, 0.3) is 5.91 Å². The Balaban J connectivity index is 1.46. The second-order valence-corrected chi connectivity index (χ2v) is 8.46. The molecule has 186 valence electrons. The first-order valence-corrected chi connectivity index (χ1v) is 11.2. The maximum absolute atomic E-state index is 13.4. The van der Waals surface area contributed by atoms with Crippen LogP contribution < -0.4 is 20.7 Å². The summed E-state index contributed by atoms with van der Waals surface area (Å²) in [4.78, 5) is 38.9. The molecule has 0 saturated carbocycles. The molecule has 3 atom stereocenters. The standard InChI is InChI=1S/C24H26F2N4O5/c1-27-22(31)11-15-5-7-19-21(35-15)12-34-20-8-4-13(9-16(20)23(32)30(19)2)28-24(33)29-14-3-6-17(25)18(26)10-14/h3-4,6,8-10,15,19,21H,5,7,11-12H2,1-2H3,(H,27,31)(H2,28,29,33)/t15-,19-,21+/m0/s1. The fraction of sp³-hybridized carbons (Fsp3) is 0.375. The van der Waals surface area contributed by atoms with Crippen molar-refractivity contribution in [2.24, 2.45) is 0 Å². The van der Waals surface area contributed by atoms with Crippen molar-refractivity contribution < 1.29 is 32.6 Å². The summed E-state index contributed by atoms with van der Waals surface area (Å²) >= 11 is 0. The third-order valence-electron chi connectivity index (χ3n) is 6.14. The number of amides is 4. The lowest BCUT2D eigenvalue weighted by Gasteiger charge is -2.42. The molecule has 4 rings (SSSR count). The van der Waals surface area contributed by atoms with Crippen molar-refractivity contribution in [3.63, 3.8) is 0 Å². The number of ether oxygens (including phenoxy) is 2. The van der Waals surface area contributed by atoms with Gasteiger partial charge in [0, 0.05) is 31.5 Å². The van der Waals surface area contributed by atoms with E-state index in [1.54, 1.807) is 31.1 Å². The molecule has 1 fully saturated rings. The van der Waals surface area contributed by atoms with Crippen LogP contribution in [0.5, 0.6) is 5.75 Å². The smallest absolute Gasteiger partial charge is 0.323 e. The number of urea groups is 1. The Morgan fingerprint density at radius 2 is 1.77 bits per heavy atom. The van der Waals surface area contributed by atoms with Gasteiger partial charge < -0.3 is 30.3 Å². The number of hydrogen-bond donors (Lipinski definition) is 3. The molecule has 0 aromatic heterocycles. The number of benzene rings is 2. The Morgan fingerprint density at radius 1 is 1.06 bits per heavy atom. The summed E-state index contributed by atoms with van der Waals surface area (Å²) in [5, 5.41) is 7.58. The molecule has 1 saturated heterocycles. The average molecular weight is 488 g/mol. The van der Waals surface area contributed by atoms with E-state index in [0.717, 1.165) is 12.1 Å². The van der Waals surface area contributed by atoms with Crippen LogP contribution in [0, 0.1) is 11.6 Å². The Kier molecular flexibility index (Phi) is 7.15. The van der Waals surface area contributed by atoms with E-state index in [0.29, 0.717) is 24.3 Å². The van der Waals surface area contributed by atoms with Gasteiger partial charge in [0.15, 0.2) is 11.6 Å². The summed E-state index contributed by atoms with van der Waals surface area (Å²) in [6, 6.07) is 6.71. The molecule has 0 aliphatic carbocycles. The zero-order valence-corrected chi connectivity index (χ0v) is 19.3. The summed E-state index contributed by atoms with van der Waals surface area (Å²) in [6.45, 7) is 0.197. The summed E-state index contributed by atoms with van der Waals surface area (Å²) in [7, 11) is 3.26. The van der Waals surface area contributed by atoms with Crippen molar-refractivity contribution in [1.82, 2.24) is 10.2 Å². The Morgan fingerprint density at radius 3 is 2.49 bits per heavy atom. The highest BCUT2D eigenvalue weighted by Crippen LogP contribution is 2.32. The number of likely N-dealkylation sites (N-methyl/N-ethyl adjacent to an activating group) is 1. The molecular formula is C24H26F2N4O5. The van der Waals surface area contributed by atoms with Gasteiger partial charge in [-0.1, -0.05) is 0 Å². The Hall–Kier alpha value is -3.73. The van der Waals surface area contributed by atoms with Crippen LogP contribution in [0.1, 0.15) is 29.6 Å². The molecule has 2 aliphatic rings. The summed E-state index contributed by atoms with van der Waals surface area (Å²) in [5.74, 6) is -2.17. The van der Waals surface area contributed by atoms with Crippen LogP contribution in [-0.4, -0.2) is 61.7 Å². The molecule has 2 aromatic rings. The van der Waals surface area contributed by atoms with Crippen LogP contribution in [0.15, 0.2) is 36.4 Å². The van der Waals surface area contributed by atoms with Gasteiger partial charge in [0.05, 0.1) is 24.1 Å². The minimum atomic E-state index is -1.08. The fourth-order valence-electron chi connectivity index (χ4n) is 4.28. The quantitative estimate of drug-likeness (QED) is 0.613. The van der Waals surface area contributed by atoms with Gasteiger partial charge >= 0.3 is 6.03 Å². The molecule has 0 radical (unpaired) electrons. The SMILES string of the molecule is CNC(=O)C[C@@H]1CC[C@H]2[C@@H](COc3ccc(NC(=O)Nc4ccc(F)c(F)c4)cc3C(=O)N2C)O1. The predicted octanol–water partition coefficient (Wildman–Crippen LogP) is 3.13. The number of hydrogen-bond acceptors (Lipinski definition) is 5. The lowest BCUT2D eigenvalue weighted by molar-refractivity contribution is -0.133. The average Bonchev–Trinajstić information content (AvgIpc) is 2.84. The highest BCUT2D eigenvalue weighted by molar-refractivity contribution is 6.02. The fourth-order valence-corrected chi connectivity index (χ4v) is 4.28. The van der Waals surface area contributed by atoms with E-state index in [9.17, 15) is 23.2 Å². The van der Waals surface area contributed by atoms with E-state index in [1.807, 2.05) is 0 Å². The minimum Gasteiger partial charge on any atom is -0.490 e. The highest BCUT2D eigenvalue weighted by atomic mass is 19.2. The van der Waals surface area contributed by atoms with Crippen LogP contribution >= 0.6 is 0 Å². The summed E-state index contributed by atoms with van der Waals surface area (Å²) in [6.07, 6.45) is 0.893. The van der Waals surface area contributed by atoms with E-state index < -0.39 is 17.7 Å². The minimum absolute atomic E-state index is 0.0739. The molecule has 2 heterocycles. The molecule has 11 heteroatoms. The van der Waals surface area contributed by atoms with Crippen LogP contribution in [0.2, 0.25) is 0 Å². The molecule has 0 unspecified atom stereocenters. The third-order valence-corrected chi connectivity index (χ3v) is 6.14. The number of nitrogens with one attached hydrogen (secondary N) is 3. The first-order chi connectivity index (χ1) is 16.7. The molecule has 0 bridgehead atoms. The van der Waals surface area contributed by atoms with E-state index in [1.165, 1.54) is 12.1 Å². The topological polar surface area (TPSA) is 109 Å². The maximum atomic E-state index is 13.4. The summed E-state index contributed by atoms with van der Waals surface area (Å²) in [5.41, 5.74) is 0.658. The van der Waals surface area contributed by atoms with Gasteiger partial charge in [-0.15, -0.1) is 0 Å². The van der Waals surface area contributed by atoms with Crippen molar-refractivity contribution >= 4 is 29.2 Å². The van der Waals surface area contributed by atoms with Crippen molar-refractivity contribution in [1.29, 1.82) is 0 Å². The van der Waals surface area contributed by atoms with Crippen LogP contribution in [-0.2, 0) is 9.53 Å². The lowest BCUT2D eigenvalue weighted by Crippen LogP contribution is -2.53. The van der Waals surface area contributed by atoms with E-state index in [2.05, 4.69) is 16.0 Å². The second kappa shape index (κ2) is 10.3. The molecule has 4 amide bonds. The second-order valence-electron chi connectivity index (χ2n) is 8.46. The number of nitrogens with zero attached hydrogens (tertiary/aromatic N) is 1. The van der Waals surface area contributed by atoms with Crippen LogP contribution in [0.3, 0.4) is 0 Å². The number of fused-ring (bicyclic) bond motifs is 2. The first-order valence-electron chi connectivity index (χ1n) is 11.2. The maximum Gasteiger partial charge on any atom is 0.323 e. The van der Waals surface area contributed by atoms with Crippen LogP contribution in [0.4, 0.5) is 25.0 Å². The highest BCUT2D eigenvalue weighted by Gasteiger charge is 2.39. The molecule has 35 heavy (non-hydrogen) atoms. The Bertz CT molecular complexity index is 1140. The van der Waals surface area contributed by atoms with Gasteiger partial charge in [0.1, 0.15) is 18.5 Å². The molecule has 3 N–H and O–H groups in total. The lowest BCUT2D eigenvalue weighted by atomic mass is 9.94. The number of rotatable bonds is 4. The van der Waals surface area contributed by atoms with Gasteiger partial charge in [0.2, 0.25) is 5.91 Å². The molecule has 9 nitrogen and oxygen atoms in total. The molecule has 2 aliphatic heterocycles. The normalized spacial score (nSPS) is 21.5. The number of halogens is 2. The monoisotopic (exact) mass is 488 g/mol. The molecular weight excluding hydrogens is 462 g/mol. The molecule has 2 aromatic carbocycles. The van der Waals surface area contributed by atoms with Crippen molar-refractivity contribution in [3.8, 4) is 5.75 Å². The Labute approximate surface area is 200 Å². The zero-order chi connectivity index (χ0) is 25.1. The van der Waals surface area contributed by atoms with Gasteiger partial charge in [-0.25, -0.2) is 13.6 Å². The molecule has 0 spiro atoms. The zero-order valence-electron chi connectivity index (χ0n) is 19.3. The van der Waals surface area contributed by atoms with Gasteiger partial charge in [-0.05, 0) is 43.2 Å². The summed E-state index contributed by atoms with van der Waals surface area (Å²) < 4.78 is 38.4. The largest absolute Gasteiger partial charge is 0.490 e. The van der Waals surface area contributed by atoms with E-state index in [4.69, 9.17) is 9.47 Å². The van der Waals surface area contributed by atoms with E-state index in [-0.39, 0.29) is 54.3 Å². The number of carbonyl (C=O) groups excluding carboxylic acids is 3. The van der Waals surface area contributed by atoms with E-state index >= 15 is 0 Å².